The maximum Gasteiger partial charge on any atom is 0.227 e. The van der Waals surface area contributed by atoms with E-state index in [2.05, 4.69) is 10.3 Å². The average molecular weight is 415 g/mol. The lowest BCUT2D eigenvalue weighted by Crippen LogP contribution is -2.17. The van der Waals surface area contributed by atoms with E-state index in [1.807, 2.05) is 0 Å². The van der Waals surface area contributed by atoms with Gasteiger partial charge in [-0.25, -0.2) is 13.4 Å². The van der Waals surface area contributed by atoms with Crippen LogP contribution in [0.1, 0.15) is 6.42 Å². The number of rotatable bonds is 5. The molecule has 25 heavy (non-hydrogen) atoms. The number of anilines is 1. The summed E-state index contributed by atoms with van der Waals surface area (Å²) in [6, 6.07) is 11.4. The number of sulfone groups is 1. The second-order valence-corrected chi connectivity index (χ2v) is 9.08. The Morgan fingerprint density at radius 1 is 1.12 bits per heavy atom. The van der Waals surface area contributed by atoms with Gasteiger partial charge in [-0.2, -0.15) is 0 Å². The van der Waals surface area contributed by atoms with Crippen LogP contribution in [-0.4, -0.2) is 25.1 Å². The van der Waals surface area contributed by atoms with Crippen LogP contribution in [0.2, 0.25) is 10.0 Å². The third kappa shape index (κ3) is 4.12. The summed E-state index contributed by atoms with van der Waals surface area (Å²) in [4.78, 5) is 16.5. The summed E-state index contributed by atoms with van der Waals surface area (Å²) >= 11 is 13.3. The summed E-state index contributed by atoms with van der Waals surface area (Å²) in [5.41, 5.74) is 0.506. The van der Waals surface area contributed by atoms with Crippen molar-refractivity contribution in [2.45, 2.75) is 11.3 Å². The zero-order chi connectivity index (χ0) is 18.0. The molecule has 0 unspecified atom stereocenters. The smallest absolute Gasteiger partial charge is 0.227 e. The van der Waals surface area contributed by atoms with Gasteiger partial charge in [-0.05, 0) is 24.3 Å². The van der Waals surface area contributed by atoms with Gasteiger partial charge in [0.1, 0.15) is 5.52 Å². The molecule has 5 nitrogen and oxygen atoms in total. The largest absolute Gasteiger partial charge is 0.302 e. The molecule has 1 heterocycles. The highest BCUT2D eigenvalue weighted by Gasteiger charge is 2.17. The van der Waals surface area contributed by atoms with Crippen molar-refractivity contribution in [3.8, 4) is 0 Å². The standard InChI is InChI=1S/C16H12Cl2N2O3S2/c17-11-6-7-12-15(14(11)18)20-16(24-12)19-13(21)8-9-25(22,23)10-4-2-1-3-5-10/h1-7H,8-9H2,(H,19,20,21). The highest BCUT2D eigenvalue weighted by atomic mass is 35.5. The number of thiazole rings is 1. The molecule has 0 atom stereocenters. The minimum atomic E-state index is -3.50. The molecule has 0 radical (unpaired) electrons. The second-order valence-electron chi connectivity index (χ2n) is 5.16. The van der Waals surface area contributed by atoms with Crippen LogP contribution in [0.5, 0.6) is 0 Å². The van der Waals surface area contributed by atoms with Gasteiger partial charge in [-0.15, -0.1) is 0 Å². The fourth-order valence-corrected chi connectivity index (χ4v) is 4.71. The molecule has 0 spiro atoms. The molecule has 0 saturated carbocycles. The van der Waals surface area contributed by atoms with Gasteiger partial charge < -0.3 is 5.32 Å². The van der Waals surface area contributed by atoms with Crippen LogP contribution < -0.4 is 5.32 Å². The number of carbonyl (C=O) groups excluding carboxylic acids is 1. The minimum Gasteiger partial charge on any atom is -0.302 e. The number of fused-ring (bicyclic) bond motifs is 1. The predicted molar refractivity (Wildman–Crippen MR) is 101 cm³/mol. The zero-order valence-electron chi connectivity index (χ0n) is 12.7. The highest BCUT2D eigenvalue weighted by molar-refractivity contribution is 7.91. The molecule has 0 aliphatic rings. The lowest BCUT2D eigenvalue weighted by Gasteiger charge is -2.04. The normalized spacial score (nSPS) is 11.6. The summed E-state index contributed by atoms with van der Waals surface area (Å²) < 4.78 is 25.2. The van der Waals surface area contributed by atoms with Gasteiger partial charge in [-0.1, -0.05) is 52.7 Å². The summed E-state index contributed by atoms with van der Waals surface area (Å²) in [5.74, 6) is -0.707. The van der Waals surface area contributed by atoms with Crippen LogP contribution in [0, 0.1) is 0 Å². The van der Waals surface area contributed by atoms with Crippen molar-refractivity contribution in [2.24, 2.45) is 0 Å². The number of hydrogen-bond acceptors (Lipinski definition) is 5. The SMILES string of the molecule is O=C(CCS(=O)(=O)c1ccccc1)Nc1nc2c(Cl)c(Cl)ccc2s1. The van der Waals surface area contributed by atoms with Crippen molar-refractivity contribution in [1.29, 1.82) is 0 Å². The van der Waals surface area contributed by atoms with Crippen LogP contribution in [0.15, 0.2) is 47.4 Å². The van der Waals surface area contributed by atoms with Gasteiger partial charge in [0.25, 0.3) is 0 Å². The van der Waals surface area contributed by atoms with Crippen LogP contribution in [0.25, 0.3) is 10.2 Å². The summed E-state index contributed by atoms with van der Waals surface area (Å²) in [7, 11) is -3.50. The number of amides is 1. The second kappa shape index (κ2) is 7.29. The number of nitrogens with one attached hydrogen (secondary N) is 1. The molecule has 2 aromatic carbocycles. The van der Waals surface area contributed by atoms with Gasteiger partial charge in [0.2, 0.25) is 5.91 Å². The van der Waals surface area contributed by atoms with Crippen molar-refractivity contribution < 1.29 is 13.2 Å². The Kier molecular flexibility index (Phi) is 5.29. The minimum absolute atomic E-state index is 0.165. The summed E-state index contributed by atoms with van der Waals surface area (Å²) in [6.07, 6.45) is -0.165. The quantitative estimate of drug-likeness (QED) is 0.670. The Morgan fingerprint density at radius 2 is 1.84 bits per heavy atom. The predicted octanol–water partition coefficient (Wildman–Crippen LogP) is 4.41. The van der Waals surface area contributed by atoms with E-state index in [1.54, 1.807) is 30.3 Å². The molecule has 130 valence electrons. The van der Waals surface area contributed by atoms with Crippen molar-refractivity contribution in [1.82, 2.24) is 4.98 Å². The summed E-state index contributed by atoms with van der Waals surface area (Å²) in [5, 5.41) is 3.66. The van der Waals surface area contributed by atoms with E-state index in [0.29, 0.717) is 20.7 Å². The van der Waals surface area contributed by atoms with Crippen LogP contribution in [0.4, 0.5) is 5.13 Å². The number of aromatic nitrogens is 1. The first-order chi connectivity index (χ1) is 11.9. The molecular formula is C16H12Cl2N2O3S2. The lowest BCUT2D eigenvalue weighted by molar-refractivity contribution is -0.115. The zero-order valence-corrected chi connectivity index (χ0v) is 15.8. The van der Waals surface area contributed by atoms with E-state index >= 15 is 0 Å². The molecule has 3 rings (SSSR count). The van der Waals surface area contributed by atoms with E-state index in [9.17, 15) is 13.2 Å². The fraction of sp³-hybridized carbons (Fsp3) is 0.125. The van der Waals surface area contributed by atoms with Crippen molar-refractivity contribution in [2.75, 3.05) is 11.1 Å². The van der Waals surface area contributed by atoms with Crippen molar-refractivity contribution in [3.05, 3.63) is 52.5 Å². The highest BCUT2D eigenvalue weighted by Crippen LogP contribution is 2.35. The molecule has 1 N–H and O–H groups in total. The van der Waals surface area contributed by atoms with Gasteiger partial charge >= 0.3 is 0 Å². The maximum absolute atomic E-state index is 12.2. The molecule has 1 aromatic heterocycles. The first-order valence-electron chi connectivity index (χ1n) is 7.19. The Morgan fingerprint density at radius 3 is 2.56 bits per heavy atom. The van der Waals surface area contributed by atoms with E-state index in [0.717, 1.165) is 4.70 Å². The molecule has 9 heteroatoms. The van der Waals surface area contributed by atoms with E-state index in [4.69, 9.17) is 23.2 Å². The fourth-order valence-electron chi connectivity index (χ4n) is 2.15. The van der Waals surface area contributed by atoms with Crippen LogP contribution >= 0.6 is 34.5 Å². The topological polar surface area (TPSA) is 76.1 Å². The Balaban J connectivity index is 1.68. The van der Waals surface area contributed by atoms with E-state index < -0.39 is 15.7 Å². The number of carbonyl (C=O) groups is 1. The molecular weight excluding hydrogens is 403 g/mol. The third-order valence-electron chi connectivity index (χ3n) is 3.40. The Bertz CT molecular complexity index is 1030. The molecule has 0 aliphatic heterocycles. The molecule has 0 fully saturated rings. The Labute approximate surface area is 158 Å². The average Bonchev–Trinajstić information content (AvgIpc) is 3.01. The molecule has 0 saturated heterocycles. The summed E-state index contributed by atoms with van der Waals surface area (Å²) in [6.45, 7) is 0. The lowest BCUT2D eigenvalue weighted by atomic mass is 10.3. The first-order valence-corrected chi connectivity index (χ1v) is 10.4. The molecule has 0 aliphatic carbocycles. The van der Waals surface area contributed by atoms with Crippen LogP contribution in [0.3, 0.4) is 0 Å². The maximum atomic E-state index is 12.2. The molecule has 0 bridgehead atoms. The molecule has 3 aromatic rings. The van der Waals surface area contributed by atoms with Crippen molar-refractivity contribution in [3.63, 3.8) is 0 Å². The van der Waals surface area contributed by atoms with Gasteiger partial charge in [0, 0.05) is 6.42 Å². The van der Waals surface area contributed by atoms with Crippen LogP contribution in [-0.2, 0) is 14.6 Å². The van der Waals surface area contributed by atoms with Gasteiger partial charge in [-0.3, -0.25) is 4.79 Å². The monoisotopic (exact) mass is 414 g/mol. The number of hydrogen-bond donors (Lipinski definition) is 1. The first kappa shape index (κ1) is 18.1. The number of benzene rings is 2. The Hall–Kier alpha value is -1.67. The van der Waals surface area contributed by atoms with E-state index in [-0.39, 0.29) is 17.1 Å². The number of halogens is 2. The third-order valence-corrected chi connectivity index (χ3v) is 6.86. The van der Waals surface area contributed by atoms with Gasteiger partial charge in [0.15, 0.2) is 15.0 Å². The molecule has 1 amide bonds. The van der Waals surface area contributed by atoms with E-state index in [1.165, 1.54) is 23.5 Å². The number of nitrogens with zero attached hydrogens (tertiary/aromatic N) is 1. The van der Waals surface area contributed by atoms with Gasteiger partial charge in [0.05, 0.1) is 25.4 Å². The van der Waals surface area contributed by atoms with Crippen molar-refractivity contribution >= 4 is 65.6 Å².